The molecule has 0 N–H and O–H groups in total. The summed E-state index contributed by atoms with van der Waals surface area (Å²) in [5, 5.41) is 0. The van der Waals surface area contributed by atoms with E-state index in [9.17, 15) is 4.79 Å². The summed E-state index contributed by atoms with van der Waals surface area (Å²) >= 11 is 0. The van der Waals surface area contributed by atoms with E-state index in [1.54, 1.807) is 12.4 Å². The first kappa shape index (κ1) is 15.8. The highest BCUT2D eigenvalue weighted by molar-refractivity contribution is 5.94. The lowest BCUT2D eigenvalue weighted by Crippen LogP contribution is -2.59. The molecule has 4 heterocycles. The van der Waals surface area contributed by atoms with Crippen molar-refractivity contribution in [2.45, 2.75) is 31.7 Å². The molecule has 0 aliphatic carbocycles. The lowest BCUT2D eigenvalue weighted by Gasteiger charge is -2.54. The third-order valence-corrected chi connectivity index (χ3v) is 5.72. The minimum atomic E-state index is -0.0248. The first-order valence-corrected chi connectivity index (χ1v) is 8.87. The SMILES string of the molecule is O=C(c1ccncc1)N1CCC[C@@]2(C3=CCOCC3)COCC[C@H]12. The molecule has 0 saturated carbocycles. The second-order valence-corrected chi connectivity index (χ2v) is 6.91. The minimum Gasteiger partial charge on any atom is -0.380 e. The van der Waals surface area contributed by atoms with Crippen LogP contribution < -0.4 is 0 Å². The molecule has 4 rings (SSSR count). The Labute approximate surface area is 142 Å². The predicted molar refractivity (Wildman–Crippen MR) is 89.7 cm³/mol. The van der Waals surface area contributed by atoms with Crippen LogP contribution >= 0.6 is 0 Å². The van der Waals surface area contributed by atoms with Gasteiger partial charge in [0.1, 0.15) is 0 Å². The maximum absolute atomic E-state index is 13.1. The largest absolute Gasteiger partial charge is 0.380 e. The van der Waals surface area contributed by atoms with Gasteiger partial charge < -0.3 is 14.4 Å². The van der Waals surface area contributed by atoms with Gasteiger partial charge in [0.05, 0.1) is 19.8 Å². The van der Waals surface area contributed by atoms with Gasteiger partial charge in [0.25, 0.3) is 5.91 Å². The highest BCUT2D eigenvalue weighted by Gasteiger charge is 2.50. The van der Waals surface area contributed by atoms with Crippen molar-refractivity contribution in [2.75, 3.05) is 33.0 Å². The summed E-state index contributed by atoms with van der Waals surface area (Å²) in [5.74, 6) is 0.126. The molecule has 0 unspecified atom stereocenters. The van der Waals surface area contributed by atoms with Gasteiger partial charge >= 0.3 is 0 Å². The fourth-order valence-electron chi connectivity index (χ4n) is 4.59. The van der Waals surface area contributed by atoms with E-state index in [1.165, 1.54) is 5.57 Å². The van der Waals surface area contributed by atoms with Crippen LogP contribution in [0.1, 0.15) is 36.0 Å². The molecule has 0 aromatic carbocycles. The van der Waals surface area contributed by atoms with Crippen molar-refractivity contribution in [1.82, 2.24) is 9.88 Å². The second kappa shape index (κ2) is 6.65. The Morgan fingerprint density at radius 2 is 2.12 bits per heavy atom. The molecule has 3 aliphatic rings. The summed E-state index contributed by atoms with van der Waals surface area (Å²) in [5.41, 5.74) is 2.14. The van der Waals surface area contributed by atoms with Crippen LogP contribution in [0.15, 0.2) is 36.2 Å². The van der Waals surface area contributed by atoms with Crippen LogP contribution in [-0.2, 0) is 9.47 Å². The normalized spacial score (nSPS) is 30.4. The number of piperidine rings is 1. The molecule has 0 spiro atoms. The lowest BCUT2D eigenvalue weighted by atomic mass is 9.65. The van der Waals surface area contributed by atoms with Gasteiger partial charge in [-0.1, -0.05) is 11.6 Å². The zero-order valence-electron chi connectivity index (χ0n) is 13.9. The number of ether oxygens (including phenoxy) is 2. The summed E-state index contributed by atoms with van der Waals surface area (Å²) in [6.45, 7) is 3.75. The van der Waals surface area contributed by atoms with Gasteiger partial charge in [0, 0.05) is 42.6 Å². The number of carbonyl (C=O) groups excluding carboxylic acids is 1. The number of carbonyl (C=O) groups is 1. The number of hydrogen-bond acceptors (Lipinski definition) is 4. The first-order valence-electron chi connectivity index (χ1n) is 8.87. The number of hydrogen-bond donors (Lipinski definition) is 0. The van der Waals surface area contributed by atoms with Crippen molar-refractivity contribution in [2.24, 2.45) is 5.41 Å². The fraction of sp³-hybridized carbons (Fsp3) is 0.579. The Balaban J connectivity index is 1.67. The smallest absolute Gasteiger partial charge is 0.254 e. The Morgan fingerprint density at radius 3 is 2.92 bits per heavy atom. The van der Waals surface area contributed by atoms with E-state index >= 15 is 0 Å². The number of rotatable bonds is 2. The third-order valence-electron chi connectivity index (χ3n) is 5.72. The van der Waals surface area contributed by atoms with Gasteiger partial charge in [-0.3, -0.25) is 9.78 Å². The Bertz CT molecular complexity index is 627. The fourth-order valence-corrected chi connectivity index (χ4v) is 4.59. The van der Waals surface area contributed by atoms with Crippen molar-refractivity contribution < 1.29 is 14.3 Å². The van der Waals surface area contributed by atoms with Crippen LogP contribution in [0.4, 0.5) is 0 Å². The van der Waals surface area contributed by atoms with Gasteiger partial charge in [0.15, 0.2) is 0 Å². The van der Waals surface area contributed by atoms with Crippen LogP contribution in [0.2, 0.25) is 0 Å². The van der Waals surface area contributed by atoms with E-state index in [1.807, 2.05) is 12.1 Å². The summed E-state index contributed by atoms with van der Waals surface area (Å²) in [6, 6.07) is 3.85. The second-order valence-electron chi connectivity index (χ2n) is 6.91. The van der Waals surface area contributed by atoms with Crippen molar-refractivity contribution in [3.8, 4) is 0 Å². The molecule has 5 nitrogen and oxygen atoms in total. The molecule has 2 saturated heterocycles. The maximum atomic E-state index is 13.1. The van der Waals surface area contributed by atoms with Crippen LogP contribution in [-0.4, -0.2) is 54.8 Å². The first-order chi connectivity index (χ1) is 11.8. The molecule has 1 aromatic rings. The van der Waals surface area contributed by atoms with Crippen molar-refractivity contribution in [3.63, 3.8) is 0 Å². The third kappa shape index (κ3) is 2.66. The summed E-state index contributed by atoms with van der Waals surface area (Å²) in [6.07, 6.45) is 9.60. The van der Waals surface area contributed by atoms with E-state index < -0.39 is 0 Å². The molecule has 2 fully saturated rings. The van der Waals surface area contributed by atoms with Crippen molar-refractivity contribution in [3.05, 3.63) is 41.7 Å². The lowest BCUT2D eigenvalue weighted by molar-refractivity contribution is -0.0739. The molecule has 1 aromatic heterocycles. The monoisotopic (exact) mass is 328 g/mol. The molecule has 128 valence electrons. The van der Waals surface area contributed by atoms with Gasteiger partial charge in [-0.15, -0.1) is 0 Å². The standard InChI is InChI=1S/C19H24N2O3/c22-18(15-2-8-20-9-3-15)21-10-1-7-19(14-24-13-6-17(19)21)16-4-11-23-12-5-16/h2-4,8-9,17H,1,5-7,10-14H2/t17-,19-/m0/s1. The Morgan fingerprint density at radius 1 is 1.25 bits per heavy atom. The number of nitrogens with zero attached hydrogens (tertiary/aromatic N) is 2. The van der Waals surface area contributed by atoms with Crippen LogP contribution in [0.3, 0.4) is 0 Å². The molecule has 5 heteroatoms. The zero-order valence-corrected chi connectivity index (χ0v) is 13.9. The van der Waals surface area contributed by atoms with E-state index in [4.69, 9.17) is 9.47 Å². The van der Waals surface area contributed by atoms with Gasteiger partial charge in [0.2, 0.25) is 0 Å². The van der Waals surface area contributed by atoms with Crippen molar-refractivity contribution >= 4 is 5.91 Å². The Kier molecular flexibility index (Phi) is 4.37. The number of amides is 1. The maximum Gasteiger partial charge on any atom is 0.254 e. The number of aromatic nitrogens is 1. The average molecular weight is 328 g/mol. The van der Waals surface area contributed by atoms with Crippen molar-refractivity contribution in [1.29, 1.82) is 0 Å². The van der Waals surface area contributed by atoms with E-state index in [2.05, 4.69) is 16.0 Å². The summed E-state index contributed by atoms with van der Waals surface area (Å²) < 4.78 is 11.4. The summed E-state index contributed by atoms with van der Waals surface area (Å²) in [7, 11) is 0. The van der Waals surface area contributed by atoms with E-state index in [0.29, 0.717) is 6.61 Å². The highest BCUT2D eigenvalue weighted by atomic mass is 16.5. The molecule has 2 atom stereocenters. The topological polar surface area (TPSA) is 51.7 Å². The molecule has 0 radical (unpaired) electrons. The van der Waals surface area contributed by atoms with Gasteiger partial charge in [-0.05, 0) is 37.8 Å². The number of likely N-dealkylation sites (tertiary alicyclic amines) is 1. The van der Waals surface area contributed by atoms with E-state index in [-0.39, 0.29) is 17.4 Å². The molecular weight excluding hydrogens is 304 g/mol. The molecule has 0 bridgehead atoms. The molecule has 1 amide bonds. The highest BCUT2D eigenvalue weighted by Crippen LogP contribution is 2.48. The molecule has 3 aliphatic heterocycles. The number of pyridine rings is 1. The Hall–Kier alpha value is -1.72. The predicted octanol–water partition coefficient (Wildman–Crippen LogP) is 2.44. The number of fused-ring (bicyclic) bond motifs is 1. The zero-order chi connectivity index (χ0) is 16.4. The molecular formula is C19H24N2O3. The minimum absolute atomic E-state index is 0.0248. The van der Waals surface area contributed by atoms with Gasteiger partial charge in [-0.25, -0.2) is 0 Å². The quantitative estimate of drug-likeness (QED) is 0.783. The van der Waals surface area contributed by atoms with Crippen LogP contribution in [0, 0.1) is 5.41 Å². The van der Waals surface area contributed by atoms with Gasteiger partial charge in [-0.2, -0.15) is 0 Å². The molecule has 24 heavy (non-hydrogen) atoms. The summed E-state index contributed by atoms with van der Waals surface area (Å²) in [4.78, 5) is 19.2. The van der Waals surface area contributed by atoms with Crippen LogP contribution in [0.25, 0.3) is 0 Å². The average Bonchev–Trinajstić information content (AvgIpc) is 2.68. The van der Waals surface area contributed by atoms with E-state index in [0.717, 1.165) is 57.6 Å². The van der Waals surface area contributed by atoms with Crippen LogP contribution in [0.5, 0.6) is 0 Å².